The van der Waals surface area contributed by atoms with Crippen LogP contribution in [0.4, 0.5) is 5.69 Å². The number of nitrogen functional groups attached to an aromatic ring is 1. The van der Waals surface area contributed by atoms with Gasteiger partial charge >= 0.3 is 0 Å². The SMILES string of the molecule is Nc1cccnc1C(=O)Cc1ccc(Br)s1. The van der Waals surface area contributed by atoms with Crippen molar-refractivity contribution in [3.63, 3.8) is 0 Å². The minimum atomic E-state index is -0.0487. The summed E-state index contributed by atoms with van der Waals surface area (Å²) in [4.78, 5) is 16.9. The molecule has 0 atom stereocenters. The molecule has 0 spiro atoms. The fourth-order valence-corrected chi connectivity index (χ4v) is 2.82. The molecule has 2 aromatic heterocycles. The summed E-state index contributed by atoms with van der Waals surface area (Å²) in [7, 11) is 0. The first-order chi connectivity index (χ1) is 7.66. The summed E-state index contributed by atoms with van der Waals surface area (Å²) in [6.07, 6.45) is 1.92. The molecule has 0 radical (unpaired) electrons. The molecule has 2 aromatic rings. The normalized spacial score (nSPS) is 10.3. The van der Waals surface area contributed by atoms with Crippen LogP contribution in [0.2, 0.25) is 0 Å². The molecule has 0 aliphatic heterocycles. The Bertz CT molecular complexity index is 524. The van der Waals surface area contributed by atoms with Crippen LogP contribution in [-0.4, -0.2) is 10.8 Å². The summed E-state index contributed by atoms with van der Waals surface area (Å²) < 4.78 is 1.02. The van der Waals surface area contributed by atoms with Gasteiger partial charge in [-0.15, -0.1) is 11.3 Å². The van der Waals surface area contributed by atoms with Gasteiger partial charge in [0, 0.05) is 17.5 Å². The Labute approximate surface area is 105 Å². The van der Waals surface area contributed by atoms with Gasteiger partial charge in [-0.25, -0.2) is 0 Å². The van der Waals surface area contributed by atoms with Crippen LogP contribution in [0.15, 0.2) is 34.2 Å². The van der Waals surface area contributed by atoms with E-state index in [0.717, 1.165) is 8.66 Å². The lowest BCUT2D eigenvalue weighted by molar-refractivity contribution is 0.0990. The number of thiophene rings is 1. The third kappa shape index (κ3) is 2.48. The van der Waals surface area contributed by atoms with E-state index in [-0.39, 0.29) is 5.78 Å². The monoisotopic (exact) mass is 296 g/mol. The van der Waals surface area contributed by atoms with E-state index in [0.29, 0.717) is 17.8 Å². The van der Waals surface area contributed by atoms with Gasteiger partial charge in [-0.3, -0.25) is 9.78 Å². The van der Waals surface area contributed by atoms with E-state index in [4.69, 9.17) is 5.73 Å². The summed E-state index contributed by atoms with van der Waals surface area (Å²) >= 11 is 4.90. The van der Waals surface area contributed by atoms with Gasteiger partial charge in [0.25, 0.3) is 0 Å². The third-order valence-corrected chi connectivity index (χ3v) is 3.69. The Morgan fingerprint density at radius 1 is 1.44 bits per heavy atom. The number of carbonyl (C=O) groups is 1. The van der Waals surface area contributed by atoms with Crippen molar-refractivity contribution in [1.29, 1.82) is 0 Å². The van der Waals surface area contributed by atoms with E-state index in [9.17, 15) is 4.79 Å². The molecule has 0 aliphatic carbocycles. The molecule has 2 heterocycles. The van der Waals surface area contributed by atoms with Gasteiger partial charge in [0.1, 0.15) is 5.69 Å². The minimum absolute atomic E-state index is 0.0487. The number of ketones is 1. The summed E-state index contributed by atoms with van der Waals surface area (Å²) in [6, 6.07) is 7.25. The molecule has 0 fully saturated rings. The van der Waals surface area contributed by atoms with Gasteiger partial charge in [0.15, 0.2) is 5.78 Å². The largest absolute Gasteiger partial charge is 0.397 e. The van der Waals surface area contributed by atoms with E-state index in [1.165, 1.54) is 0 Å². The quantitative estimate of drug-likeness (QED) is 0.886. The first-order valence-electron chi connectivity index (χ1n) is 4.64. The Morgan fingerprint density at radius 2 is 2.25 bits per heavy atom. The first kappa shape index (κ1) is 11.3. The Kier molecular flexibility index (Phi) is 3.36. The highest BCUT2D eigenvalue weighted by Crippen LogP contribution is 2.23. The number of rotatable bonds is 3. The van der Waals surface area contributed by atoms with Crippen molar-refractivity contribution in [2.24, 2.45) is 0 Å². The Morgan fingerprint density at radius 3 is 2.88 bits per heavy atom. The molecule has 5 heteroatoms. The molecule has 0 aliphatic rings. The summed E-state index contributed by atoms with van der Waals surface area (Å²) in [5.74, 6) is -0.0487. The highest BCUT2D eigenvalue weighted by molar-refractivity contribution is 9.11. The number of hydrogen-bond donors (Lipinski definition) is 1. The number of aromatic nitrogens is 1. The highest BCUT2D eigenvalue weighted by atomic mass is 79.9. The summed E-state index contributed by atoms with van der Waals surface area (Å²) in [5, 5.41) is 0. The zero-order valence-electron chi connectivity index (χ0n) is 8.31. The van der Waals surface area contributed by atoms with Gasteiger partial charge < -0.3 is 5.73 Å². The first-order valence-corrected chi connectivity index (χ1v) is 6.25. The van der Waals surface area contributed by atoms with Crippen LogP contribution in [-0.2, 0) is 6.42 Å². The number of halogens is 1. The topological polar surface area (TPSA) is 56.0 Å². The fourth-order valence-electron chi connectivity index (χ4n) is 1.34. The number of hydrogen-bond acceptors (Lipinski definition) is 4. The maximum atomic E-state index is 11.9. The van der Waals surface area contributed by atoms with Crippen molar-refractivity contribution < 1.29 is 4.79 Å². The van der Waals surface area contributed by atoms with E-state index in [1.54, 1.807) is 29.7 Å². The van der Waals surface area contributed by atoms with Gasteiger partial charge in [-0.05, 0) is 40.2 Å². The number of carbonyl (C=O) groups excluding carboxylic acids is 1. The molecule has 2 rings (SSSR count). The number of nitrogens with two attached hydrogens (primary N) is 1. The predicted octanol–water partition coefficient (Wildman–Crippen LogP) is 2.91. The second kappa shape index (κ2) is 4.76. The molecule has 82 valence electrons. The van der Waals surface area contributed by atoms with Gasteiger partial charge in [0.05, 0.1) is 9.47 Å². The number of Topliss-reactive ketones (excluding diaryl/α,β-unsaturated/α-hetero) is 1. The zero-order valence-corrected chi connectivity index (χ0v) is 10.7. The standard InChI is InChI=1S/C11H9BrN2OS/c12-10-4-3-7(16-10)6-9(15)11-8(13)2-1-5-14-11/h1-5H,6,13H2. The van der Waals surface area contributed by atoms with E-state index >= 15 is 0 Å². The van der Waals surface area contributed by atoms with Crippen LogP contribution in [0.3, 0.4) is 0 Å². The lowest BCUT2D eigenvalue weighted by atomic mass is 10.1. The molecule has 16 heavy (non-hydrogen) atoms. The highest BCUT2D eigenvalue weighted by Gasteiger charge is 2.12. The fraction of sp³-hybridized carbons (Fsp3) is 0.0909. The minimum Gasteiger partial charge on any atom is -0.397 e. The van der Waals surface area contributed by atoms with Crippen LogP contribution in [0.5, 0.6) is 0 Å². The number of nitrogens with zero attached hydrogens (tertiary/aromatic N) is 1. The average Bonchev–Trinajstić information content (AvgIpc) is 2.64. The van der Waals surface area contributed by atoms with Crippen molar-refractivity contribution in [1.82, 2.24) is 4.98 Å². The molecule has 0 amide bonds. The maximum absolute atomic E-state index is 11.9. The molecule has 0 unspecified atom stereocenters. The van der Waals surface area contributed by atoms with Crippen molar-refractivity contribution in [3.05, 3.63) is 44.8 Å². The Balaban J connectivity index is 2.18. The molecule has 0 saturated heterocycles. The van der Waals surface area contributed by atoms with Gasteiger partial charge in [0.2, 0.25) is 0 Å². The molecule has 0 saturated carbocycles. The molecular formula is C11H9BrN2OS. The van der Waals surface area contributed by atoms with E-state index in [1.807, 2.05) is 12.1 Å². The van der Waals surface area contributed by atoms with Crippen molar-refractivity contribution in [3.8, 4) is 0 Å². The molecular weight excluding hydrogens is 288 g/mol. The molecule has 0 bridgehead atoms. The van der Waals surface area contributed by atoms with Crippen molar-refractivity contribution in [2.45, 2.75) is 6.42 Å². The van der Waals surface area contributed by atoms with Crippen LogP contribution >= 0.6 is 27.3 Å². The lowest BCUT2D eigenvalue weighted by Crippen LogP contribution is -2.08. The predicted molar refractivity (Wildman–Crippen MR) is 68.7 cm³/mol. The number of anilines is 1. The molecule has 3 nitrogen and oxygen atoms in total. The van der Waals surface area contributed by atoms with Crippen LogP contribution in [0.25, 0.3) is 0 Å². The van der Waals surface area contributed by atoms with Gasteiger partial charge in [-0.1, -0.05) is 0 Å². The van der Waals surface area contributed by atoms with E-state index in [2.05, 4.69) is 20.9 Å². The smallest absolute Gasteiger partial charge is 0.188 e. The molecule has 2 N–H and O–H groups in total. The van der Waals surface area contributed by atoms with Crippen LogP contribution in [0, 0.1) is 0 Å². The van der Waals surface area contributed by atoms with Crippen molar-refractivity contribution in [2.75, 3.05) is 5.73 Å². The third-order valence-electron chi connectivity index (χ3n) is 2.07. The van der Waals surface area contributed by atoms with Crippen LogP contribution in [0.1, 0.15) is 15.4 Å². The second-order valence-corrected chi connectivity index (χ2v) is 5.79. The summed E-state index contributed by atoms with van der Waals surface area (Å²) in [6.45, 7) is 0. The molecule has 0 aromatic carbocycles. The summed E-state index contributed by atoms with van der Waals surface area (Å²) in [5.41, 5.74) is 6.48. The number of pyridine rings is 1. The lowest BCUT2D eigenvalue weighted by Gasteiger charge is -2.01. The van der Waals surface area contributed by atoms with Crippen molar-refractivity contribution >= 4 is 38.7 Å². The second-order valence-electron chi connectivity index (χ2n) is 3.25. The average molecular weight is 297 g/mol. The zero-order chi connectivity index (χ0) is 11.5. The van der Waals surface area contributed by atoms with E-state index < -0.39 is 0 Å². The Hall–Kier alpha value is -1.20. The maximum Gasteiger partial charge on any atom is 0.188 e. The van der Waals surface area contributed by atoms with Gasteiger partial charge in [-0.2, -0.15) is 0 Å². The van der Waals surface area contributed by atoms with Crippen LogP contribution < -0.4 is 5.73 Å².